The number of rotatable bonds is 10. The summed E-state index contributed by atoms with van der Waals surface area (Å²) in [4.78, 5) is 11.2. The minimum Gasteiger partial charge on any atom is -0.493 e. The largest absolute Gasteiger partial charge is 0.493 e. The van der Waals surface area contributed by atoms with Gasteiger partial charge in [-0.3, -0.25) is 0 Å². The molecule has 0 saturated heterocycles. The normalized spacial score (nSPS) is 10.3. The van der Waals surface area contributed by atoms with Crippen LogP contribution in [0.15, 0.2) is 61.2 Å². The molecule has 1 N–H and O–H groups in total. The first-order chi connectivity index (χ1) is 11.7. The van der Waals surface area contributed by atoms with Crippen LogP contribution in [-0.4, -0.2) is 17.7 Å². The highest BCUT2D eigenvalue weighted by molar-refractivity contribution is 5.89. The van der Waals surface area contributed by atoms with E-state index in [-0.39, 0.29) is 5.56 Å². The Bertz CT molecular complexity index is 662. The molecule has 2 aromatic carbocycles. The first-order valence-corrected chi connectivity index (χ1v) is 8.39. The van der Waals surface area contributed by atoms with Crippen LogP contribution in [0, 0.1) is 0 Å². The fourth-order valence-corrected chi connectivity index (χ4v) is 2.56. The van der Waals surface area contributed by atoms with Gasteiger partial charge in [0, 0.05) is 5.56 Å². The summed E-state index contributed by atoms with van der Waals surface area (Å²) >= 11 is 0. The standard InChI is InChI=1S/C21H24O3/c1-2-3-4-5-6-10-15-24-20-16-18(21(22)23)13-14-19(20)17-11-8-7-9-12-17/h2,7-9,11-14,16H,1,3-6,10,15H2,(H,22,23). The number of ether oxygens (including phenoxy) is 1. The molecule has 0 aromatic heterocycles. The average Bonchev–Trinajstić information content (AvgIpc) is 2.61. The van der Waals surface area contributed by atoms with E-state index in [1.165, 1.54) is 0 Å². The Morgan fingerprint density at radius 3 is 2.50 bits per heavy atom. The molecule has 0 spiro atoms. The molecule has 0 saturated carbocycles. The molecule has 2 aromatic rings. The van der Waals surface area contributed by atoms with Crippen LogP contribution in [0.1, 0.15) is 42.5 Å². The quantitative estimate of drug-likeness (QED) is 0.459. The van der Waals surface area contributed by atoms with Crippen molar-refractivity contribution in [1.82, 2.24) is 0 Å². The van der Waals surface area contributed by atoms with E-state index in [1.807, 2.05) is 42.5 Å². The highest BCUT2D eigenvalue weighted by Crippen LogP contribution is 2.31. The van der Waals surface area contributed by atoms with E-state index in [1.54, 1.807) is 12.1 Å². The summed E-state index contributed by atoms with van der Waals surface area (Å²) in [5.41, 5.74) is 2.19. The number of carboxylic acid groups (broad SMARTS) is 1. The molecule has 3 heteroatoms. The van der Waals surface area contributed by atoms with Gasteiger partial charge in [0.1, 0.15) is 5.75 Å². The Balaban J connectivity index is 2.04. The number of aromatic carboxylic acids is 1. The lowest BCUT2D eigenvalue weighted by atomic mass is 10.0. The van der Waals surface area contributed by atoms with Crippen LogP contribution in [0.3, 0.4) is 0 Å². The van der Waals surface area contributed by atoms with Gasteiger partial charge in [0.05, 0.1) is 12.2 Å². The highest BCUT2D eigenvalue weighted by atomic mass is 16.5. The zero-order valence-corrected chi connectivity index (χ0v) is 13.9. The van der Waals surface area contributed by atoms with Gasteiger partial charge >= 0.3 is 5.97 Å². The molecule has 0 atom stereocenters. The summed E-state index contributed by atoms with van der Waals surface area (Å²) in [6.45, 7) is 4.32. The molecule has 0 aliphatic carbocycles. The van der Waals surface area contributed by atoms with Crippen molar-refractivity contribution < 1.29 is 14.6 Å². The second-order valence-corrected chi connectivity index (χ2v) is 5.72. The lowest BCUT2D eigenvalue weighted by Crippen LogP contribution is -2.02. The van der Waals surface area contributed by atoms with Crippen LogP contribution in [0.25, 0.3) is 11.1 Å². The Hall–Kier alpha value is -2.55. The molecule has 0 fully saturated rings. The minimum absolute atomic E-state index is 0.246. The topological polar surface area (TPSA) is 46.5 Å². The number of allylic oxidation sites excluding steroid dienone is 1. The summed E-state index contributed by atoms with van der Waals surface area (Å²) < 4.78 is 5.91. The summed E-state index contributed by atoms with van der Waals surface area (Å²) in [6, 6.07) is 14.9. The molecule has 126 valence electrons. The van der Waals surface area contributed by atoms with Crippen LogP contribution in [0.4, 0.5) is 0 Å². The maximum Gasteiger partial charge on any atom is 0.335 e. The lowest BCUT2D eigenvalue weighted by molar-refractivity contribution is 0.0696. The van der Waals surface area contributed by atoms with Crippen molar-refractivity contribution in [1.29, 1.82) is 0 Å². The van der Waals surface area contributed by atoms with E-state index in [9.17, 15) is 9.90 Å². The third-order valence-electron chi connectivity index (χ3n) is 3.87. The van der Waals surface area contributed by atoms with Crippen LogP contribution in [-0.2, 0) is 0 Å². The molecule has 0 aliphatic heterocycles. The maximum atomic E-state index is 11.2. The SMILES string of the molecule is C=CCCCCCCOc1cc(C(=O)O)ccc1-c1ccccc1. The van der Waals surface area contributed by atoms with Gasteiger partial charge in [0.15, 0.2) is 0 Å². The molecule has 0 aliphatic rings. The lowest BCUT2D eigenvalue weighted by Gasteiger charge is -2.13. The zero-order chi connectivity index (χ0) is 17.2. The fourth-order valence-electron chi connectivity index (χ4n) is 2.56. The number of benzene rings is 2. The van der Waals surface area contributed by atoms with Crippen LogP contribution < -0.4 is 4.74 Å². The van der Waals surface area contributed by atoms with E-state index in [4.69, 9.17) is 4.74 Å². The van der Waals surface area contributed by atoms with E-state index in [2.05, 4.69) is 6.58 Å². The second-order valence-electron chi connectivity index (χ2n) is 5.72. The van der Waals surface area contributed by atoms with Crippen LogP contribution in [0.2, 0.25) is 0 Å². The molecule has 2 rings (SSSR count). The maximum absolute atomic E-state index is 11.2. The van der Waals surface area contributed by atoms with E-state index >= 15 is 0 Å². The number of hydrogen-bond donors (Lipinski definition) is 1. The van der Waals surface area contributed by atoms with Gasteiger partial charge in [-0.2, -0.15) is 0 Å². The smallest absolute Gasteiger partial charge is 0.335 e. The number of carboxylic acids is 1. The van der Waals surface area contributed by atoms with E-state index in [0.29, 0.717) is 12.4 Å². The zero-order valence-electron chi connectivity index (χ0n) is 13.9. The van der Waals surface area contributed by atoms with Gasteiger partial charge in [0.2, 0.25) is 0 Å². The molecule has 24 heavy (non-hydrogen) atoms. The molecule has 0 amide bonds. The van der Waals surface area contributed by atoms with Crippen molar-refractivity contribution >= 4 is 5.97 Å². The monoisotopic (exact) mass is 324 g/mol. The molecular formula is C21H24O3. The molecule has 3 nitrogen and oxygen atoms in total. The molecular weight excluding hydrogens is 300 g/mol. The van der Waals surface area contributed by atoms with Crippen molar-refractivity contribution in [3.05, 3.63) is 66.7 Å². The van der Waals surface area contributed by atoms with Gasteiger partial charge in [-0.15, -0.1) is 6.58 Å². The van der Waals surface area contributed by atoms with Gasteiger partial charge in [-0.05, 0) is 43.0 Å². The number of carbonyl (C=O) groups is 1. The van der Waals surface area contributed by atoms with Crippen molar-refractivity contribution in [2.24, 2.45) is 0 Å². The number of hydrogen-bond acceptors (Lipinski definition) is 2. The molecule has 0 bridgehead atoms. The van der Waals surface area contributed by atoms with Crippen LogP contribution in [0.5, 0.6) is 5.75 Å². The molecule has 0 unspecified atom stereocenters. The van der Waals surface area contributed by atoms with Gasteiger partial charge in [0.25, 0.3) is 0 Å². The van der Waals surface area contributed by atoms with Crippen molar-refractivity contribution in [3.63, 3.8) is 0 Å². The van der Waals surface area contributed by atoms with Gasteiger partial charge in [-0.1, -0.05) is 49.2 Å². The number of unbranched alkanes of at least 4 members (excludes halogenated alkanes) is 4. The molecule has 0 radical (unpaired) electrons. The van der Waals surface area contributed by atoms with Gasteiger partial charge in [-0.25, -0.2) is 4.79 Å². The Labute approximate surface area is 143 Å². The first kappa shape index (κ1) is 17.8. The third kappa shape index (κ3) is 5.27. The Morgan fingerprint density at radius 2 is 1.79 bits per heavy atom. The van der Waals surface area contributed by atoms with E-state index in [0.717, 1.165) is 43.2 Å². The second kappa shape index (κ2) is 9.56. The summed E-state index contributed by atoms with van der Waals surface area (Å²) in [5, 5.41) is 9.20. The molecule has 0 heterocycles. The van der Waals surface area contributed by atoms with Crippen LogP contribution >= 0.6 is 0 Å². The average molecular weight is 324 g/mol. The fraction of sp³-hybridized carbons (Fsp3) is 0.286. The summed E-state index contributed by atoms with van der Waals surface area (Å²) in [6.07, 6.45) is 7.39. The van der Waals surface area contributed by atoms with E-state index < -0.39 is 5.97 Å². The summed E-state index contributed by atoms with van der Waals surface area (Å²) in [5.74, 6) is -0.309. The first-order valence-electron chi connectivity index (χ1n) is 8.39. The van der Waals surface area contributed by atoms with Crippen molar-refractivity contribution in [2.75, 3.05) is 6.61 Å². The van der Waals surface area contributed by atoms with Gasteiger partial charge < -0.3 is 9.84 Å². The Morgan fingerprint density at radius 1 is 1.04 bits per heavy atom. The highest BCUT2D eigenvalue weighted by Gasteiger charge is 2.11. The van der Waals surface area contributed by atoms with Crippen molar-refractivity contribution in [2.45, 2.75) is 32.1 Å². The minimum atomic E-state index is -0.941. The summed E-state index contributed by atoms with van der Waals surface area (Å²) in [7, 11) is 0. The van der Waals surface area contributed by atoms with Crippen molar-refractivity contribution in [3.8, 4) is 16.9 Å². The predicted octanol–water partition coefficient (Wildman–Crippen LogP) is 5.57. The predicted molar refractivity (Wildman–Crippen MR) is 97.6 cm³/mol. The Kier molecular flexibility index (Phi) is 7.09. The third-order valence-corrected chi connectivity index (χ3v) is 3.87.